The van der Waals surface area contributed by atoms with Crippen LogP contribution < -0.4 is 39.1 Å². The summed E-state index contributed by atoms with van der Waals surface area (Å²) >= 11 is 18.6. The number of hydrogen-bond donors (Lipinski definition) is 3. The maximum absolute atomic E-state index is 13.5. The molecule has 22 nitrogen and oxygen atoms in total. The Bertz CT molecular complexity index is 4460. The van der Waals surface area contributed by atoms with E-state index in [0.717, 1.165) is 59.2 Å². The molecule has 0 saturated heterocycles. The fourth-order valence-electron chi connectivity index (χ4n) is 11.3. The van der Waals surface area contributed by atoms with Gasteiger partial charge in [0.25, 0.3) is 36.1 Å². The van der Waals surface area contributed by atoms with Gasteiger partial charge in [-0.05, 0) is 122 Å². The Hall–Kier alpha value is -8.08. The molecule has 3 aromatic carbocycles. The fraction of sp³-hybridized carbons (Fsp3) is 0.414. The Kier molecular flexibility index (Phi) is 30.7. The number of carboxylic acid groups (broad SMARTS) is 1. The summed E-state index contributed by atoms with van der Waals surface area (Å²) in [5.41, 5.74) is 6.68. The van der Waals surface area contributed by atoms with Gasteiger partial charge in [-0.2, -0.15) is 0 Å². The van der Waals surface area contributed by atoms with Crippen LogP contribution in [0.2, 0.25) is 15.1 Å². The molecule has 0 spiro atoms. The first-order valence-electron chi connectivity index (χ1n) is 31.5. The van der Waals surface area contributed by atoms with E-state index < -0.39 is 11.8 Å². The maximum Gasteiger partial charge on any atom is 0.331 e. The second-order valence-electron chi connectivity index (χ2n) is 24.2. The van der Waals surface area contributed by atoms with Crippen LogP contribution in [0.15, 0.2) is 114 Å². The number of allylic oxidation sites excluding steroid dienone is 1. The third-order valence-corrected chi connectivity index (χ3v) is 16.8. The number of hydrogen-bond acceptors (Lipinski definition) is 15. The fourth-order valence-corrected chi connectivity index (χ4v) is 11.9. The molecular weight excluding hydrogens is 1350 g/mol. The van der Waals surface area contributed by atoms with E-state index in [9.17, 15) is 43.5 Å². The van der Waals surface area contributed by atoms with Gasteiger partial charge in [0, 0.05) is 97.7 Å². The minimum Gasteiger partial charge on any atom is -0.483 e. The molecule has 1 aliphatic heterocycles. The van der Waals surface area contributed by atoms with Gasteiger partial charge < -0.3 is 25.0 Å². The molecule has 1 unspecified atom stereocenters. The number of pyridine rings is 2. The Morgan fingerprint density at radius 3 is 1.52 bits per heavy atom. The maximum atomic E-state index is 13.5. The number of carbonyl (C=O) groups excluding carboxylic acids is 2. The van der Waals surface area contributed by atoms with Gasteiger partial charge in [-0.3, -0.25) is 66.1 Å². The smallest absolute Gasteiger partial charge is 0.331 e. The molecule has 0 aliphatic carbocycles. The van der Waals surface area contributed by atoms with E-state index in [0.29, 0.717) is 135 Å². The van der Waals surface area contributed by atoms with Gasteiger partial charge in [-0.1, -0.05) is 126 Å². The van der Waals surface area contributed by atoms with E-state index in [-0.39, 0.29) is 86.2 Å². The second-order valence-corrected chi connectivity index (χ2v) is 25.5. The minimum atomic E-state index is -0.903. The molecule has 26 heteroatoms. The summed E-state index contributed by atoms with van der Waals surface area (Å²) in [6.07, 6.45) is 8.11. The van der Waals surface area contributed by atoms with Gasteiger partial charge in [0.2, 0.25) is 0 Å². The van der Waals surface area contributed by atoms with E-state index in [1.54, 1.807) is 45.5 Å². The van der Waals surface area contributed by atoms with Crippen LogP contribution in [-0.2, 0) is 97.1 Å². The van der Waals surface area contributed by atoms with Gasteiger partial charge in [0.15, 0.2) is 0 Å². The van der Waals surface area contributed by atoms with Gasteiger partial charge >= 0.3 is 17.1 Å². The zero-order chi connectivity index (χ0) is 69.8. The Labute approximate surface area is 583 Å². The summed E-state index contributed by atoms with van der Waals surface area (Å²) in [5, 5.41) is 24.0. The van der Waals surface area contributed by atoms with Crippen molar-refractivity contribution < 1.29 is 53.5 Å². The Balaban J connectivity index is 0.000000254. The SMILES string of the molecule is CC(C)CCC1=C(c2cccc(Cl)c2)NCc2c1c(=O)n(CCCOC=O)c(=O)n2C.CC(C)CCc1c(-c2cccc(Cl)c2)ncc2c1c(=O)n(CCCOC=O)c(=O)n2C.CCCCn1c(=O)c2c(C(O)CC(C)C)c(-c3cccc(Cl)c3)ncc2n(C)c1=O.O=CO.[Zn]. The molecule has 9 rings (SSSR count). The molecule has 510 valence electrons. The van der Waals surface area contributed by atoms with Crippen LogP contribution in [0.25, 0.3) is 55.6 Å². The van der Waals surface area contributed by atoms with Gasteiger partial charge in [-0.25, -0.2) is 14.4 Å². The van der Waals surface area contributed by atoms with E-state index in [2.05, 4.69) is 43.0 Å². The predicted octanol–water partition coefficient (Wildman–Crippen LogP) is 10.7. The molecule has 8 aromatic rings. The number of aryl methyl sites for hydroxylation is 3. The third-order valence-electron chi connectivity index (χ3n) is 16.1. The summed E-state index contributed by atoms with van der Waals surface area (Å²) in [7, 11) is 4.95. The largest absolute Gasteiger partial charge is 0.483 e. The van der Waals surface area contributed by atoms with Crippen LogP contribution in [-0.4, -0.2) is 80.2 Å². The quantitative estimate of drug-likeness (QED) is 0.0272. The molecular formula is C70H84Cl3N9O13Zn. The Morgan fingerprint density at radius 1 is 0.594 bits per heavy atom. The standard InChI is InChI=1S/C23H28ClN3O4.C23H26ClN3O4.C23H28ClN3O3.CH2O2.Zn/c2*1-15(2)8-9-18-20-19(13-25-21(18)16-6-4-7-17(24)12-16)26(3)23(30)27(22(20)29)10-5-11-31-14-28;1-5-6-10-27-22(29)19-17(26(4)23(27)30)13-25-21(15-8-7-9-16(24)12-15)20(19)18(28)11-14(2)3;2-1-3;/h4,6-7,12,14-15,25H,5,8-11,13H2,1-3H3;4,6-7,12-15H,5,8-11H2,1-3H3;7-9,12-14,18,28H,5-6,10-11H2,1-4H3;1H,(H,2,3);. The van der Waals surface area contributed by atoms with E-state index >= 15 is 0 Å². The van der Waals surface area contributed by atoms with Crippen molar-refractivity contribution in [3.05, 3.63) is 191 Å². The number of halogens is 3. The molecule has 0 amide bonds. The number of nitrogens with zero attached hydrogens (tertiary/aromatic N) is 8. The molecule has 3 N–H and O–H groups in total. The van der Waals surface area contributed by atoms with Gasteiger partial charge in [0.05, 0.1) is 82.7 Å². The predicted molar refractivity (Wildman–Crippen MR) is 373 cm³/mol. The molecule has 6 heterocycles. The van der Waals surface area contributed by atoms with Gasteiger partial charge in [-0.15, -0.1) is 0 Å². The monoisotopic (exact) mass is 1430 g/mol. The number of nitrogens with one attached hydrogen (secondary N) is 1. The average Bonchev–Trinajstić information content (AvgIpc) is 0.765. The van der Waals surface area contributed by atoms with E-state index in [1.807, 2.05) is 75.4 Å². The first-order valence-corrected chi connectivity index (χ1v) is 32.7. The second kappa shape index (κ2) is 37.4. The number of aliphatic hydroxyl groups is 1. The van der Waals surface area contributed by atoms with Gasteiger partial charge in [0.1, 0.15) is 0 Å². The van der Waals surface area contributed by atoms with Crippen molar-refractivity contribution >= 4 is 87.3 Å². The average molecular weight is 1430 g/mol. The number of aliphatic hydroxyl groups excluding tert-OH is 1. The van der Waals surface area contributed by atoms with Crippen molar-refractivity contribution in [1.82, 2.24) is 42.7 Å². The summed E-state index contributed by atoms with van der Waals surface area (Å²) in [4.78, 5) is 117. The summed E-state index contributed by atoms with van der Waals surface area (Å²) in [6.45, 7) is 16.4. The molecule has 1 aliphatic rings. The van der Waals surface area contributed by atoms with Crippen LogP contribution in [0.4, 0.5) is 0 Å². The zero-order valence-corrected chi connectivity index (χ0v) is 61.3. The van der Waals surface area contributed by atoms with Crippen molar-refractivity contribution in [2.75, 3.05) is 13.2 Å². The first kappa shape index (κ1) is 78.6. The minimum absolute atomic E-state index is 0. The molecule has 1 atom stereocenters. The van der Waals surface area contributed by atoms with Crippen molar-refractivity contribution in [2.45, 2.75) is 139 Å². The zero-order valence-electron chi connectivity index (χ0n) is 56.0. The normalized spacial score (nSPS) is 12.0. The summed E-state index contributed by atoms with van der Waals surface area (Å²) in [5.74, 6) is 1.09. The van der Waals surface area contributed by atoms with Crippen LogP contribution >= 0.6 is 34.8 Å². The number of ether oxygens (including phenoxy) is 2. The van der Waals surface area contributed by atoms with E-state index in [4.69, 9.17) is 54.2 Å². The number of carbonyl (C=O) groups is 3. The number of benzene rings is 3. The molecule has 0 fully saturated rings. The molecule has 96 heavy (non-hydrogen) atoms. The summed E-state index contributed by atoms with van der Waals surface area (Å²) < 4.78 is 17.5. The van der Waals surface area contributed by atoms with Crippen molar-refractivity contribution in [2.24, 2.45) is 38.9 Å². The van der Waals surface area contributed by atoms with Crippen LogP contribution in [0, 0.1) is 17.8 Å². The van der Waals surface area contributed by atoms with Crippen molar-refractivity contribution in [1.29, 1.82) is 0 Å². The van der Waals surface area contributed by atoms with Crippen LogP contribution in [0.1, 0.15) is 134 Å². The summed E-state index contributed by atoms with van der Waals surface area (Å²) in [6, 6.07) is 22.1. The van der Waals surface area contributed by atoms with Crippen LogP contribution in [0.5, 0.6) is 0 Å². The van der Waals surface area contributed by atoms with Crippen molar-refractivity contribution in [3.8, 4) is 22.5 Å². The topological polar surface area (TPSA) is 280 Å². The van der Waals surface area contributed by atoms with E-state index in [1.165, 1.54) is 33.6 Å². The third kappa shape index (κ3) is 19.4. The van der Waals surface area contributed by atoms with Crippen molar-refractivity contribution in [3.63, 3.8) is 0 Å². The molecule has 0 radical (unpaired) electrons. The number of rotatable bonds is 25. The number of fused-ring (bicyclic) bond motifs is 3. The van der Waals surface area contributed by atoms with Crippen LogP contribution in [0.3, 0.4) is 0 Å². The molecule has 5 aromatic heterocycles. The molecule has 0 saturated carbocycles. The Morgan fingerprint density at radius 2 is 1.03 bits per heavy atom. The number of unbranched alkanes of at least 4 members (excludes halogenated alkanes) is 1. The number of aromatic nitrogens is 8. The molecule has 0 bridgehead atoms. The first-order chi connectivity index (χ1) is 45.4.